The van der Waals surface area contributed by atoms with E-state index in [-0.39, 0.29) is 18.4 Å². The van der Waals surface area contributed by atoms with Crippen molar-refractivity contribution in [2.24, 2.45) is 0 Å². The van der Waals surface area contributed by atoms with Gasteiger partial charge >= 0.3 is 0 Å². The molecule has 0 bridgehead atoms. The molecule has 6 nitrogen and oxygen atoms in total. The predicted octanol–water partition coefficient (Wildman–Crippen LogP) is 5.23. The molecular formula is C25H35N3O3. The van der Waals surface area contributed by atoms with Gasteiger partial charge in [0, 0.05) is 23.5 Å². The largest absolute Gasteiger partial charge is 0.494 e. The number of ether oxygens (including phenoxy) is 1. The summed E-state index contributed by atoms with van der Waals surface area (Å²) in [6.45, 7) is 5.81. The van der Waals surface area contributed by atoms with E-state index in [2.05, 4.69) is 29.8 Å². The normalized spacial score (nSPS) is 10.4. The van der Waals surface area contributed by atoms with Gasteiger partial charge in [0.2, 0.25) is 5.91 Å². The topological polar surface area (TPSA) is 79.5 Å². The van der Waals surface area contributed by atoms with Crippen LogP contribution in [0.4, 0.5) is 11.4 Å². The van der Waals surface area contributed by atoms with Crippen molar-refractivity contribution in [1.82, 2.24) is 5.32 Å². The third kappa shape index (κ3) is 9.55. The first-order valence-corrected chi connectivity index (χ1v) is 11.3. The van der Waals surface area contributed by atoms with Gasteiger partial charge in [-0.15, -0.1) is 0 Å². The first-order valence-electron chi connectivity index (χ1n) is 11.3. The molecule has 0 aliphatic rings. The van der Waals surface area contributed by atoms with Crippen LogP contribution in [0.5, 0.6) is 5.75 Å². The molecule has 168 valence electrons. The number of hydrogen-bond acceptors (Lipinski definition) is 4. The number of nitrogens with one attached hydrogen (secondary N) is 3. The van der Waals surface area contributed by atoms with Crippen LogP contribution < -0.4 is 20.7 Å². The molecule has 2 rings (SSSR count). The Morgan fingerprint density at radius 1 is 0.806 bits per heavy atom. The van der Waals surface area contributed by atoms with Gasteiger partial charge in [0.25, 0.3) is 5.91 Å². The fourth-order valence-electron chi connectivity index (χ4n) is 2.96. The van der Waals surface area contributed by atoms with Gasteiger partial charge in [0.15, 0.2) is 0 Å². The average molecular weight is 426 g/mol. The summed E-state index contributed by atoms with van der Waals surface area (Å²) in [5.74, 6) is 0.590. The number of benzene rings is 2. The van der Waals surface area contributed by atoms with E-state index in [9.17, 15) is 9.59 Å². The zero-order valence-corrected chi connectivity index (χ0v) is 18.7. The zero-order valence-electron chi connectivity index (χ0n) is 18.7. The molecule has 3 N–H and O–H groups in total. The van der Waals surface area contributed by atoms with Gasteiger partial charge in [-0.3, -0.25) is 9.59 Å². The lowest BCUT2D eigenvalue weighted by Crippen LogP contribution is -2.24. The van der Waals surface area contributed by atoms with E-state index in [0.717, 1.165) is 43.0 Å². The van der Waals surface area contributed by atoms with E-state index >= 15 is 0 Å². The summed E-state index contributed by atoms with van der Waals surface area (Å²) in [7, 11) is 0. The fourth-order valence-corrected chi connectivity index (χ4v) is 2.96. The SMILES string of the molecule is CCCCCCOc1ccc(NC(=O)CNc2ccc(C(=O)NCCCC)cc2)cc1. The first kappa shape index (κ1) is 24.3. The molecule has 0 spiro atoms. The highest BCUT2D eigenvalue weighted by Gasteiger charge is 2.06. The molecule has 0 aromatic heterocycles. The van der Waals surface area contributed by atoms with Gasteiger partial charge < -0.3 is 20.7 Å². The Morgan fingerprint density at radius 3 is 2.16 bits per heavy atom. The smallest absolute Gasteiger partial charge is 0.251 e. The number of unbranched alkanes of at least 4 members (excludes halogenated alkanes) is 4. The van der Waals surface area contributed by atoms with Gasteiger partial charge in [0.05, 0.1) is 13.2 Å². The Balaban J connectivity index is 1.71. The molecule has 31 heavy (non-hydrogen) atoms. The first-order chi connectivity index (χ1) is 15.1. The summed E-state index contributed by atoms with van der Waals surface area (Å²) in [4.78, 5) is 24.2. The van der Waals surface area contributed by atoms with Crippen LogP contribution in [0.15, 0.2) is 48.5 Å². The van der Waals surface area contributed by atoms with Crippen LogP contribution in [0, 0.1) is 0 Å². The van der Waals surface area contributed by atoms with Crippen LogP contribution in [0.3, 0.4) is 0 Å². The van der Waals surface area contributed by atoms with Crippen LogP contribution in [-0.4, -0.2) is 31.5 Å². The lowest BCUT2D eigenvalue weighted by Gasteiger charge is -2.10. The second-order valence-electron chi connectivity index (χ2n) is 7.52. The number of carbonyl (C=O) groups is 2. The van der Waals surface area contributed by atoms with Crippen LogP contribution in [0.2, 0.25) is 0 Å². The lowest BCUT2D eigenvalue weighted by molar-refractivity contribution is -0.114. The number of carbonyl (C=O) groups excluding carboxylic acids is 2. The maximum absolute atomic E-state index is 12.2. The number of rotatable bonds is 14. The molecule has 0 atom stereocenters. The number of hydrogen-bond donors (Lipinski definition) is 3. The van der Waals surface area contributed by atoms with Gasteiger partial charge in [-0.25, -0.2) is 0 Å². The molecule has 0 aliphatic heterocycles. The van der Waals surface area contributed by atoms with Crippen molar-refractivity contribution in [1.29, 1.82) is 0 Å². The minimum atomic E-state index is -0.144. The van der Waals surface area contributed by atoms with Crippen molar-refractivity contribution in [2.75, 3.05) is 30.3 Å². The Labute approximate surface area is 185 Å². The van der Waals surface area contributed by atoms with Gasteiger partial charge in [-0.1, -0.05) is 39.5 Å². The van der Waals surface area contributed by atoms with Crippen LogP contribution in [0.1, 0.15) is 62.7 Å². The standard InChI is InChI=1S/C25H35N3O3/c1-3-5-7-8-18-31-23-15-13-22(14-16-23)28-24(29)19-27-21-11-9-20(10-12-21)25(30)26-17-6-4-2/h9-16,27H,3-8,17-19H2,1-2H3,(H,26,30)(H,28,29). The summed E-state index contributed by atoms with van der Waals surface area (Å²) in [5, 5.41) is 8.82. The van der Waals surface area contributed by atoms with Crippen molar-refractivity contribution in [3.05, 3.63) is 54.1 Å². The van der Waals surface area contributed by atoms with Crippen molar-refractivity contribution in [2.45, 2.75) is 52.4 Å². The molecular weight excluding hydrogens is 390 g/mol. The molecule has 0 unspecified atom stereocenters. The fraction of sp³-hybridized carbons (Fsp3) is 0.440. The highest BCUT2D eigenvalue weighted by Crippen LogP contribution is 2.16. The lowest BCUT2D eigenvalue weighted by atomic mass is 10.2. The van der Waals surface area contributed by atoms with E-state index in [1.54, 1.807) is 24.3 Å². The summed E-state index contributed by atoms with van der Waals surface area (Å²) >= 11 is 0. The quantitative estimate of drug-likeness (QED) is 0.362. The monoisotopic (exact) mass is 425 g/mol. The van der Waals surface area contributed by atoms with Gasteiger partial charge in [0.1, 0.15) is 5.75 Å². The Kier molecular flexibility index (Phi) is 11.0. The van der Waals surface area contributed by atoms with E-state index in [0.29, 0.717) is 12.1 Å². The van der Waals surface area contributed by atoms with E-state index in [1.807, 2.05) is 24.3 Å². The van der Waals surface area contributed by atoms with E-state index in [1.165, 1.54) is 19.3 Å². The molecule has 0 fully saturated rings. The molecule has 2 aromatic rings. The maximum Gasteiger partial charge on any atom is 0.251 e. The van der Waals surface area contributed by atoms with Crippen molar-refractivity contribution in [3.63, 3.8) is 0 Å². The third-order valence-corrected chi connectivity index (χ3v) is 4.82. The molecule has 2 amide bonds. The molecule has 0 saturated carbocycles. The summed E-state index contributed by atoms with van der Waals surface area (Å²) in [6, 6.07) is 14.5. The van der Waals surface area contributed by atoms with Crippen LogP contribution in [0.25, 0.3) is 0 Å². The minimum absolute atomic E-state index is 0.0777. The van der Waals surface area contributed by atoms with E-state index < -0.39 is 0 Å². The minimum Gasteiger partial charge on any atom is -0.494 e. The second kappa shape index (κ2) is 14.1. The molecule has 0 radical (unpaired) electrons. The van der Waals surface area contributed by atoms with Crippen molar-refractivity contribution >= 4 is 23.2 Å². The molecule has 6 heteroatoms. The summed E-state index contributed by atoms with van der Waals surface area (Å²) in [6.07, 6.45) is 6.71. The Morgan fingerprint density at radius 2 is 1.48 bits per heavy atom. The number of amides is 2. The van der Waals surface area contributed by atoms with Gasteiger partial charge in [-0.05, 0) is 61.4 Å². The zero-order chi connectivity index (χ0) is 22.3. The van der Waals surface area contributed by atoms with Gasteiger partial charge in [-0.2, -0.15) is 0 Å². The van der Waals surface area contributed by atoms with Crippen LogP contribution >= 0.6 is 0 Å². The maximum atomic E-state index is 12.2. The Bertz CT molecular complexity index is 789. The molecule has 0 saturated heterocycles. The predicted molar refractivity (Wildman–Crippen MR) is 127 cm³/mol. The molecule has 0 heterocycles. The molecule has 2 aromatic carbocycles. The third-order valence-electron chi connectivity index (χ3n) is 4.82. The second-order valence-corrected chi connectivity index (χ2v) is 7.52. The van der Waals surface area contributed by atoms with Crippen molar-refractivity contribution in [3.8, 4) is 5.75 Å². The Hall–Kier alpha value is -3.02. The number of anilines is 2. The highest BCUT2D eigenvalue weighted by molar-refractivity contribution is 5.95. The van der Waals surface area contributed by atoms with Crippen molar-refractivity contribution < 1.29 is 14.3 Å². The highest BCUT2D eigenvalue weighted by atomic mass is 16.5. The van der Waals surface area contributed by atoms with E-state index in [4.69, 9.17) is 4.74 Å². The summed E-state index contributed by atoms with van der Waals surface area (Å²) < 4.78 is 5.72. The average Bonchev–Trinajstić information content (AvgIpc) is 2.79. The van der Waals surface area contributed by atoms with Crippen LogP contribution in [-0.2, 0) is 4.79 Å². The summed E-state index contributed by atoms with van der Waals surface area (Å²) in [5.41, 5.74) is 2.12. The molecule has 0 aliphatic carbocycles.